The van der Waals surface area contributed by atoms with Crippen molar-refractivity contribution in [2.24, 2.45) is 0 Å². The van der Waals surface area contributed by atoms with E-state index < -0.39 is 12.6 Å². The second kappa shape index (κ2) is 5.19. The van der Waals surface area contributed by atoms with Crippen molar-refractivity contribution in [2.45, 2.75) is 0 Å². The molecule has 0 unspecified atom stereocenters. The molecule has 0 aliphatic carbocycles. The van der Waals surface area contributed by atoms with Gasteiger partial charge in [0.25, 0.3) is 0 Å². The molecule has 0 radical (unpaired) electrons. The monoisotopic (exact) mass is 214 g/mol. The van der Waals surface area contributed by atoms with Crippen molar-refractivity contribution in [2.75, 3.05) is 20.4 Å². The van der Waals surface area contributed by atoms with Crippen LogP contribution in [0.5, 0.6) is 11.5 Å². The fraction of sp³-hybridized carbons (Fsp3) is 0.300. The van der Waals surface area contributed by atoms with E-state index in [2.05, 4.69) is 0 Å². The lowest BCUT2D eigenvalue weighted by Gasteiger charge is -2.11. The molecule has 0 aromatic heterocycles. The van der Waals surface area contributed by atoms with E-state index in [1.165, 1.54) is 19.2 Å². The summed E-state index contributed by atoms with van der Waals surface area (Å²) in [6, 6.07) is 4.46. The summed E-state index contributed by atoms with van der Waals surface area (Å²) in [5.41, 5.74) is -0.0391. The number of para-hydroxylation sites is 1. The molecule has 1 aromatic rings. The first-order chi connectivity index (χ1) is 7.20. The van der Waals surface area contributed by atoms with Gasteiger partial charge in [-0.3, -0.25) is 0 Å². The Morgan fingerprint density at radius 2 is 2.27 bits per heavy atom. The van der Waals surface area contributed by atoms with Crippen molar-refractivity contribution in [3.05, 3.63) is 23.8 Å². The van der Waals surface area contributed by atoms with Crippen LogP contribution in [-0.2, 0) is 0 Å². The molecule has 82 valence electrons. The van der Waals surface area contributed by atoms with Gasteiger partial charge in [0.1, 0.15) is 18.8 Å². The van der Waals surface area contributed by atoms with Crippen molar-refractivity contribution in [3.63, 3.8) is 0 Å². The van der Waals surface area contributed by atoms with Crippen LogP contribution in [0.2, 0.25) is 0 Å². The van der Waals surface area contributed by atoms with Crippen LogP contribution in [0.15, 0.2) is 18.2 Å². The largest absolute Gasteiger partial charge is 0.493 e. The summed E-state index contributed by atoms with van der Waals surface area (Å²) in [5, 5.41) is 8.86. The molecule has 0 atom stereocenters. The zero-order valence-corrected chi connectivity index (χ0v) is 8.20. The van der Waals surface area contributed by atoms with Gasteiger partial charge < -0.3 is 14.6 Å². The maximum Gasteiger partial charge on any atom is 0.339 e. The molecule has 0 fully saturated rings. The number of methoxy groups -OCH3 is 1. The van der Waals surface area contributed by atoms with E-state index in [-0.39, 0.29) is 23.7 Å². The lowest BCUT2D eigenvalue weighted by atomic mass is 10.2. The molecule has 0 saturated carbocycles. The Kier molecular flexibility index (Phi) is 3.91. The summed E-state index contributed by atoms with van der Waals surface area (Å²) in [5.74, 6) is -0.795. The molecular weight excluding hydrogens is 203 g/mol. The molecule has 0 saturated heterocycles. The minimum Gasteiger partial charge on any atom is -0.493 e. The van der Waals surface area contributed by atoms with Crippen molar-refractivity contribution in [3.8, 4) is 11.5 Å². The normalized spacial score (nSPS) is 9.73. The summed E-state index contributed by atoms with van der Waals surface area (Å²) in [4.78, 5) is 10.8. The van der Waals surface area contributed by atoms with Gasteiger partial charge in [-0.1, -0.05) is 6.07 Å². The maximum absolute atomic E-state index is 11.9. The topological polar surface area (TPSA) is 55.8 Å². The standard InChI is InChI=1S/C10H11FO4/c1-14-8-4-2-3-7(10(12)13)9(8)15-6-5-11/h2-4H,5-6H2,1H3,(H,12,13). The quantitative estimate of drug-likeness (QED) is 0.811. The Labute approximate surface area is 86.2 Å². The van der Waals surface area contributed by atoms with Crippen LogP contribution >= 0.6 is 0 Å². The first-order valence-corrected chi connectivity index (χ1v) is 4.29. The van der Waals surface area contributed by atoms with Gasteiger partial charge in [0.15, 0.2) is 11.5 Å². The number of halogens is 1. The number of carboxylic acids is 1. The molecule has 0 spiro atoms. The summed E-state index contributed by atoms with van der Waals surface area (Å²) in [6.45, 7) is -0.877. The fourth-order valence-corrected chi connectivity index (χ4v) is 1.13. The molecule has 1 aromatic carbocycles. The van der Waals surface area contributed by atoms with E-state index in [9.17, 15) is 9.18 Å². The fourth-order valence-electron chi connectivity index (χ4n) is 1.13. The van der Waals surface area contributed by atoms with Crippen molar-refractivity contribution in [1.29, 1.82) is 0 Å². The maximum atomic E-state index is 11.9. The number of aromatic carboxylic acids is 1. The Morgan fingerprint density at radius 3 is 2.80 bits per heavy atom. The van der Waals surface area contributed by atoms with Crippen LogP contribution in [0.25, 0.3) is 0 Å². The van der Waals surface area contributed by atoms with Gasteiger partial charge >= 0.3 is 5.97 Å². The highest BCUT2D eigenvalue weighted by Crippen LogP contribution is 2.30. The number of alkyl halides is 1. The minimum absolute atomic E-state index is 0.0391. The van der Waals surface area contributed by atoms with Gasteiger partial charge in [-0.05, 0) is 12.1 Å². The third-order valence-electron chi connectivity index (χ3n) is 1.75. The van der Waals surface area contributed by atoms with E-state index in [1.807, 2.05) is 0 Å². The number of hydrogen-bond acceptors (Lipinski definition) is 3. The van der Waals surface area contributed by atoms with Gasteiger partial charge in [-0.15, -0.1) is 0 Å². The molecule has 1 rings (SSSR count). The Bertz CT molecular complexity index is 351. The molecule has 0 amide bonds. The minimum atomic E-state index is -1.14. The lowest BCUT2D eigenvalue weighted by molar-refractivity contribution is 0.0691. The van der Waals surface area contributed by atoms with Gasteiger partial charge in [-0.2, -0.15) is 0 Å². The summed E-state index contributed by atoms with van der Waals surface area (Å²) < 4.78 is 21.8. The zero-order chi connectivity index (χ0) is 11.3. The average molecular weight is 214 g/mol. The molecule has 5 heteroatoms. The Balaban J connectivity index is 3.08. The van der Waals surface area contributed by atoms with E-state index in [0.717, 1.165) is 0 Å². The number of carboxylic acid groups (broad SMARTS) is 1. The molecule has 0 bridgehead atoms. The van der Waals surface area contributed by atoms with Gasteiger partial charge in [-0.25, -0.2) is 9.18 Å². The number of rotatable bonds is 5. The number of hydrogen-bond donors (Lipinski definition) is 1. The van der Waals surface area contributed by atoms with Gasteiger partial charge in [0.05, 0.1) is 7.11 Å². The second-order valence-electron chi connectivity index (χ2n) is 2.68. The van der Waals surface area contributed by atoms with E-state index >= 15 is 0 Å². The summed E-state index contributed by atoms with van der Waals surface area (Å²) in [6.07, 6.45) is 0. The molecule has 0 aliphatic heterocycles. The first-order valence-electron chi connectivity index (χ1n) is 4.29. The van der Waals surface area contributed by atoms with Crippen LogP contribution < -0.4 is 9.47 Å². The number of carbonyl (C=O) groups is 1. The van der Waals surface area contributed by atoms with E-state index in [4.69, 9.17) is 14.6 Å². The smallest absolute Gasteiger partial charge is 0.339 e. The predicted octanol–water partition coefficient (Wildman–Crippen LogP) is 1.74. The molecule has 15 heavy (non-hydrogen) atoms. The van der Waals surface area contributed by atoms with Crippen molar-refractivity contribution < 1.29 is 23.8 Å². The number of benzene rings is 1. The Hall–Kier alpha value is -1.78. The third-order valence-corrected chi connectivity index (χ3v) is 1.75. The van der Waals surface area contributed by atoms with Gasteiger partial charge in [0.2, 0.25) is 0 Å². The van der Waals surface area contributed by atoms with Crippen LogP contribution in [0.3, 0.4) is 0 Å². The van der Waals surface area contributed by atoms with Crippen molar-refractivity contribution in [1.82, 2.24) is 0 Å². The summed E-state index contributed by atoms with van der Waals surface area (Å²) >= 11 is 0. The van der Waals surface area contributed by atoms with E-state index in [0.29, 0.717) is 0 Å². The molecule has 0 heterocycles. The predicted molar refractivity (Wildman–Crippen MR) is 51.4 cm³/mol. The molecule has 4 nitrogen and oxygen atoms in total. The highest BCUT2D eigenvalue weighted by molar-refractivity contribution is 5.92. The average Bonchev–Trinajstić information content (AvgIpc) is 2.25. The van der Waals surface area contributed by atoms with Crippen LogP contribution in [0.1, 0.15) is 10.4 Å². The van der Waals surface area contributed by atoms with E-state index in [1.54, 1.807) is 6.07 Å². The van der Waals surface area contributed by atoms with Gasteiger partial charge in [0, 0.05) is 0 Å². The van der Waals surface area contributed by atoms with Crippen LogP contribution in [0.4, 0.5) is 4.39 Å². The Morgan fingerprint density at radius 1 is 1.53 bits per heavy atom. The summed E-state index contributed by atoms with van der Waals surface area (Å²) in [7, 11) is 1.39. The molecular formula is C10H11FO4. The first kappa shape index (κ1) is 11.3. The zero-order valence-electron chi connectivity index (χ0n) is 8.20. The van der Waals surface area contributed by atoms with Crippen LogP contribution in [-0.4, -0.2) is 31.5 Å². The second-order valence-corrected chi connectivity index (χ2v) is 2.68. The van der Waals surface area contributed by atoms with Crippen LogP contribution in [0, 0.1) is 0 Å². The molecule has 0 aliphatic rings. The highest BCUT2D eigenvalue weighted by Gasteiger charge is 2.15. The lowest BCUT2D eigenvalue weighted by Crippen LogP contribution is -2.06. The highest BCUT2D eigenvalue weighted by atomic mass is 19.1. The molecule has 1 N–H and O–H groups in total. The SMILES string of the molecule is COc1cccc(C(=O)O)c1OCCF. The van der Waals surface area contributed by atoms with Crippen molar-refractivity contribution >= 4 is 5.97 Å². The third kappa shape index (κ3) is 2.59. The number of ether oxygens (including phenoxy) is 2.